The maximum Gasteiger partial charge on any atom is 0.351 e. The quantitative estimate of drug-likeness (QED) is 0.536. The molecule has 2 heterocycles. The van der Waals surface area contributed by atoms with Crippen LogP contribution in [-0.2, 0) is 17.7 Å². The van der Waals surface area contributed by atoms with Gasteiger partial charge in [-0.3, -0.25) is 4.57 Å². The number of aliphatic hydroxyl groups is 1. The van der Waals surface area contributed by atoms with Gasteiger partial charge in [0.05, 0.1) is 19.8 Å². The van der Waals surface area contributed by atoms with Crippen molar-refractivity contribution in [2.24, 2.45) is 0 Å². The second-order valence-electron chi connectivity index (χ2n) is 9.72. The number of aromatic nitrogens is 2. The largest absolute Gasteiger partial charge is 0.414 e. The van der Waals surface area contributed by atoms with Gasteiger partial charge in [-0.25, -0.2) is 4.79 Å². The van der Waals surface area contributed by atoms with E-state index in [-0.39, 0.29) is 41.2 Å². The van der Waals surface area contributed by atoms with Crippen LogP contribution in [0.5, 0.6) is 0 Å². The van der Waals surface area contributed by atoms with Gasteiger partial charge in [0.15, 0.2) is 6.23 Å². The second kappa shape index (κ2) is 10.9. The van der Waals surface area contributed by atoms with Crippen molar-refractivity contribution in [2.45, 2.75) is 89.9 Å². The number of ether oxygens (including phenoxy) is 1. The van der Waals surface area contributed by atoms with Crippen molar-refractivity contribution in [1.29, 1.82) is 0 Å². The highest BCUT2D eigenvalue weighted by Gasteiger charge is 2.57. The molecule has 11 heteroatoms. The summed E-state index contributed by atoms with van der Waals surface area (Å²) in [6, 6.07) is 1.50. The van der Waals surface area contributed by atoms with Crippen LogP contribution in [-0.4, -0.2) is 57.7 Å². The van der Waals surface area contributed by atoms with Gasteiger partial charge in [-0.15, -0.1) is 0 Å². The highest BCUT2D eigenvalue weighted by atomic mass is 28.5. The molecule has 3 N–H and O–H groups in total. The molecular weight excluding hydrogens is 446 g/mol. The van der Waals surface area contributed by atoms with E-state index >= 15 is 0 Å². The van der Waals surface area contributed by atoms with Crippen molar-refractivity contribution < 1.29 is 22.8 Å². The number of nitrogen functional groups attached to an aromatic ring is 1. The number of nitrogens with zero attached hydrogens (tertiary/aromatic N) is 2. The Morgan fingerprint density at radius 3 is 1.91 bits per heavy atom. The fourth-order valence-electron chi connectivity index (χ4n) is 4.42. The standard InChI is InChI=1S/C21H41N3O6Si2/c1-14(2)31(15(3)4)27-12-18(13-28-32(30-31,16(5)6)17(7)8)29-20(11-25)24-10-9-19(22)23-21(24)26/h9-10,14-18,20,25H,11-13H2,1-8H3,(H2,22,23,26). The molecule has 0 spiro atoms. The molecule has 1 saturated heterocycles. The smallest absolute Gasteiger partial charge is 0.351 e. The Balaban J connectivity index is 2.41. The van der Waals surface area contributed by atoms with Gasteiger partial charge < -0.3 is 28.5 Å². The lowest BCUT2D eigenvalue weighted by Gasteiger charge is -2.50. The van der Waals surface area contributed by atoms with Crippen LogP contribution in [0.4, 0.5) is 5.82 Å². The molecule has 0 saturated carbocycles. The number of hydrogen-bond donors (Lipinski definition) is 2. The van der Waals surface area contributed by atoms with Crippen molar-refractivity contribution in [1.82, 2.24) is 9.55 Å². The summed E-state index contributed by atoms with van der Waals surface area (Å²) >= 11 is 0. The van der Waals surface area contributed by atoms with Crippen molar-refractivity contribution in [2.75, 3.05) is 25.6 Å². The molecule has 2 rings (SSSR count). The van der Waals surface area contributed by atoms with Crippen LogP contribution in [0.2, 0.25) is 22.2 Å². The van der Waals surface area contributed by atoms with Crippen molar-refractivity contribution in [3.8, 4) is 0 Å². The van der Waals surface area contributed by atoms with Crippen LogP contribution in [0, 0.1) is 0 Å². The van der Waals surface area contributed by atoms with Gasteiger partial charge in [0.1, 0.15) is 11.9 Å². The molecule has 0 bridgehead atoms. The van der Waals surface area contributed by atoms with Gasteiger partial charge in [-0.05, 0) is 28.2 Å². The Hall–Kier alpha value is -1.09. The van der Waals surface area contributed by atoms with E-state index in [0.29, 0.717) is 0 Å². The molecule has 1 aromatic heterocycles. The minimum atomic E-state index is -2.68. The molecule has 9 nitrogen and oxygen atoms in total. The van der Waals surface area contributed by atoms with E-state index in [0.717, 1.165) is 0 Å². The van der Waals surface area contributed by atoms with Crippen LogP contribution >= 0.6 is 0 Å². The summed E-state index contributed by atoms with van der Waals surface area (Å²) in [7, 11) is -5.37. The average Bonchev–Trinajstić information content (AvgIpc) is 2.68. The first-order chi connectivity index (χ1) is 14.9. The lowest BCUT2D eigenvalue weighted by atomic mass is 10.4. The van der Waals surface area contributed by atoms with E-state index in [1.54, 1.807) is 0 Å². The Morgan fingerprint density at radius 2 is 1.53 bits per heavy atom. The zero-order valence-corrected chi connectivity index (χ0v) is 22.7. The summed E-state index contributed by atoms with van der Waals surface area (Å²) in [6.07, 6.45) is 0.0766. The molecule has 1 fully saturated rings. The Morgan fingerprint density at radius 1 is 1.06 bits per heavy atom. The molecule has 1 atom stereocenters. The Kier molecular flexibility index (Phi) is 9.25. The lowest BCUT2D eigenvalue weighted by Crippen LogP contribution is -2.64. The molecule has 0 radical (unpaired) electrons. The van der Waals surface area contributed by atoms with E-state index in [1.165, 1.54) is 16.8 Å². The number of anilines is 1. The first-order valence-corrected chi connectivity index (χ1v) is 15.4. The van der Waals surface area contributed by atoms with Crippen molar-refractivity contribution in [3.63, 3.8) is 0 Å². The van der Waals surface area contributed by atoms with Crippen LogP contribution in [0.1, 0.15) is 61.6 Å². The van der Waals surface area contributed by atoms with Gasteiger partial charge >= 0.3 is 22.8 Å². The number of aliphatic hydroxyl groups excluding tert-OH is 1. The van der Waals surface area contributed by atoms with E-state index in [4.69, 9.17) is 23.4 Å². The van der Waals surface area contributed by atoms with Crippen LogP contribution in [0.3, 0.4) is 0 Å². The van der Waals surface area contributed by atoms with Gasteiger partial charge in [-0.2, -0.15) is 4.98 Å². The lowest BCUT2D eigenvalue weighted by molar-refractivity contribution is -0.118. The summed E-state index contributed by atoms with van der Waals surface area (Å²) in [6.45, 7) is 17.3. The fourth-order valence-corrected chi connectivity index (χ4v) is 15.5. The molecule has 0 amide bonds. The molecular formula is C21H41N3O6Si2. The van der Waals surface area contributed by atoms with E-state index in [9.17, 15) is 9.90 Å². The average molecular weight is 488 g/mol. The fraction of sp³-hybridized carbons (Fsp3) is 0.810. The first-order valence-electron chi connectivity index (χ1n) is 11.5. The highest BCUT2D eigenvalue weighted by molar-refractivity contribution is 6.83. The summed E-state index contributed by atoms with van der Waals surface area (Å²) in [4.78, 5) is 16.0. The van der Waals surface area contributed by atoms with E-state index in [1.807, 2.05) is 0 Å². The summed E-state index contributed by atoms with van der Waals surface area (Å²) in [5.74, 6) is 0.118. The van der Waals surface area contributed by atoms with Crippen molar-refractivity contribution >= 4 is 22.9 Å². The minimum absolute atomic E-state index is 0.118. The third kappa shape index (κ3) is 5.52. The topological polar surface area (TPSA) is 118 Å². The van der Waals surface area contributed by atoms with Gasteiger partial charge in [-0.1, -0.05) is 55.4 Å². The molecule has 1 unspecified atom stereocenters. The third-order valence-electron chi connectivity index (χ3n) is 6.20. The zero-order chi connectivity index (χ0) is 24.3. The number of nitrogens with two attached hydrogens (primary N) is 1. The molecule has 184 valence electrons. The summed E-state index contributed by atoms with van der Waals surface area (Å²) in [5.41, 5.74) is 5.87. The summed E-state index contributed by atoms with van der Waals surface area (Å²) < 4.78 is 27.7. The molecule has 1 aliphatic rings. The van der Waals surface area contributed by atoms with E-state index in [2.05, 4.69) is 60.4 Å². The molecule has 1 aliphatic heterocycles. The molecule has 0 aromatic carbocycles. The van der Waals surface area contributed by atoms with Crippen LogP contribution in [0.25, 0.3) is 0 Å². The molecule has 0 aliphatic carbocycles. The van der Waals surface area contributed by atoms with E-state index < -0.39 is 41.8 Å². The maximum absolute atomic E-state index is 12.3. The van der Waals surface area contributed by atoms with Gasteiger partial charge in [0.2, 0.25) is 0 Å². The van der Waals surface area contributed by atoms with Crippen molar-refractivity contribution in [3.05, 3.63) is 22.7 Å². The SMILES string of the molecule is CC(C)[Si]1(C(C)C)OCC(OC(CO)n2ccc(N)nc2=O)CO[Si](C(C)C)(C(C)C)O1. The maximum atomic E-state index is 12.3. The second-order valence-corrected chi connectivity index (χ2v) is 18.6. The van der Waals surface area contributed by atoms with Crippen LogP contribution in [0.15, 0.2) is 17.1 Å². The van der Waals surface area contributed by atoms with Gasteiger partial charge in [0.25, 0.3) is 0 Å². The number of hydrogen-bond acceptors (Lipinski definition) is 8. The number of rotatable bonds is 8. The predicted molar refractivity (Wildman–Crippen MR) is 129 cm³/mol. The van der Waals surface area contributed by atoms with Gasteiger partial charge in [0, 0.05) is 6.20 Å². The first kappa shape index (κ1) is 27.2. The monoisotopic (exact) mass is 487 g/mol. The van der Waals surface area contributed by atoms with Crippen LogP contribution < -0.4 is 11.4 Å². The Bertz CT molecular complexity index is 756. The highest BCUT2D eigenvalue weighted by Crippen LogP contribution is 2.45. The Labute approximate surface area is 193 Å². The summed E-state index contributed by atoms with van der Waals surface area (Å²) in [5, 5.41) is 9.96. The molecule has 32 heavy (non-hydrogen) atoms. The normalized spacial score (nSPS) is 20.7. The minimum Gasteiger partial charge on any atom is -0.414 e. The predicted octanol–water partition coefficient (Wildman–Crippen LogP) is 3.29. The third-order valence-corrected chi connectivity index (χ3v) is 16.4. The molecule has 1 aromatic rings. The zero-order valence-electron chi connectivity index (χ0n) is 20.7.